The third-order valence-electron chi connectivity index (χ3n) is 4.64. The van der Waals surface area contributed by atoms with Gasteiger partial charge >= 0.3 is 0 Å². The third kappa shape index (κ3) is 3.72. The summed E-state index contributed by atoms with van der Waals surface area (Å²) in [4.78, 5) is 9.57. The van der Waals surface area contributed by atoms with Crippen molar-refractivity contribution in [1.82, 2.24) is 14.3 Å². The minimum atomic E-state index is -3.28. The first-order valence-electron chi connectivity index (χ1n) is 8.58. The van der Waals surface area contributed by atoms with Gasteiger partial charge in [-0.05, 0) is 29.9 Å². The molecule has 8 heteroatoms. The number of piperidine rings is 1. The molecule has 26 heavy (non-hydrogen) atoms. The van der Waals surface area contributed by atoms with Gasteiger partial charge in [-0.3, -0.25) is 0 Å². The second-order valence-corrected chi connectivity index (χ2v) is 9.28. The summed E-state index contributed by atoms with van der Waals surface area (Å²) in [7, 11) is -3.28. The van der Waals surface area contributed by atoms with E-state index in [1.165, 1.54) is 0 Å². The minimum Gasteiger partial charge on any atom is -0.367 e. The lowest BCUT2D eigenvalue weighted by Crippen LogP contribution is -2.42. The first-order valence-corrected chi connectivity index (χ1v) is 11.1. The van der Waals surface area contributed by atoms with Gasteiger partial charge in [0.05, 0.1) is 11.1 Å². The maximum absolute atomic E-state index is 12.6. The van der Waals surface area contributed by atoms with Gasteiger partial charge in [0.25, 0.3) is 0 Å². The van der Waals surface area contributed by atoms with Crippen LogP contribution in [0.1, 0.15) is 18.4 Å². The van der Waals surface area contributed by atoms with Crippen molar-refractivity contribution in [3.05, 3.63) is 53.7 Å². The van der Waals surface area contributed by atoms with Crippen LogP contribution in [0.3, 0.4) is 0 Å². The molecule has 6 nitrogen and oxygen atoms in total. The molecule has 0 spiro atoms. The molecule has 2 aromatic heterocycles. The largest absolute Gasteiger partial charge is 0.367 e. The molecule has 1 aromatic carbocycles. The summed E-state index contributed by atoms with van der Waals surface area (Å²) in [5, 5.41) is 6.49. The number of fused-ring (bicyclic) bond motifs is 1. The van der Waals surface area contributed by atoms with Gasteiger partial charge in [-0.2, -0.15) is 0 Å². The highest BCUT2D eigenvalue weighted by Gasteiger charge is 2.28. The summed E-state index contributed by atoms with van der Waals surface area (Å²) in [6.07, 6.45) is 3.11. The van der Waals surface area contributed by atoms with E-state index in [0.717, 1.165) is 34.4 Å². The van der Waals surface area contributed by atoms with Gasteiger partial charge in [-0.15, -0.1) is 11.3 Å². The van der Waals surface area contributed by atoms with Crippen LogP contribution in [-0.4, -0.2) is 41.8 Å². The normalized spacial score (nSPS) is 16.8. The van der Waals surface area contributed by atoms with E-state index in [1.807, 2.05) is 41.8 Å². The van der Waals surface area contributed by atoms with Crippen LogP contribution in [-0.2, 0) is 15.8 Å². The SMILES string of the molecule is O=S(=O)(Cc1ccccc1)N1CCC(Nc2ncnc3sccc23)CC1. The van der Waals surface area contributed by atoms with Crippen molar-refractivity contribution in [2.75, 3.05) is 18.4 Å². The highest BCUT2D eigenvalue weighted by atomic mass is 32.2. The van der Waals surface area contributed by atoms with E-state index in [-0.39, 0.29) is 11.8 Å². The number of nitrogens with zero attached hydrogens (tertiary/aromatic N) is 3. The molecule has 1 aliphatic heterocycles. The number of benzene rings is 1. The molecule has 3 heterocycles. The maximum Gasteiger partial charge on any atom is 0.218 e. The molecule has 1 saturated heterocycles. The van der Waals surface area contributed by atoms with Crippen LogP contribution in [0.2, 0.25) is 0 Å². The Morgan fingerprint density at radius 3 is 2.65 bits per heavy atom. The lowest BCUT2D eigenvalue weighted by atomic mass is 10.1. The molecule has 0 unspecified atom stereocenters. The van der Waals surface area contributed by atoms with Crippen LogP contribution < -0.4 is 5.32 Å². The summed E-state index contributed by atoms with van der Waals surface area (Å²) >= 11 is 1.59. The highest BCUT2D eigenvalue weighted by Crippen LogP contribution is 2.26. The van der Waals surface area contributed by atoms with Crippen LogP contribution in [0.5, 0.6) is 0 Å². The van der Waals surface area contributed by atoms with Gasteiger partial charge in [0.2, 0.25) is 10.0 Å². The fourth-order valence-corrected chi connectivity index (χ4v) is 5.55. The van der Waals surface area contributed by atoms with E-state index in [0.29, 0.717) is 13.1 Å². The Bertz CT molecular complexity index is 981. The van der Waals surface area contributed by atoms with Gasteiger partial charge in [-0.25, -0.2) is 22.7 Å². The summed E-state index contributed by atoms with van der Waals surface area (Å²) in [6, 6.07) is 11.6. The summed E-state index contributed by atoms with van der Waals surface area (Å²) < 4.78 is 26.9. The molecule has 1 fully saturated rings. The van der Waals surface area contributed by atoms with Gasteiger partial charge in [0.1, 0.15) is 17.0 Å². The van der Waals surface area contributed by atoms with Crippen molar-refractivity contribution in [3.63, 3.8) is 0 Å². The first-order chi connectivity index (χ1) is 12.6. The molecule has 0 atom stereocenters. The number of hydrogen-bond donors (Lipinski definition) is 1. The Hall–Kier alpha value is -2.03. The second kappa shape index (κ2) is 7.30. The minimum absolute atomic E-state index is 0.0629. The second-order valence-electron chi connectivity index (χ2n) is 6.42. The Morgan fingerprint density at radius 2 is 1.88 bits per heavy atom. The van der Waals surface area contributed by atoms with Crippen molar-refractivity contribution in [1.29, 1.82) is 0 Å². The quantitative estimate of drug-likeness (QED) is 0.727. The number of sulfonamides is 1. The van der Waals surface area contributed by atoms with Gasteiger partial charge in [-0.1, -0.05) is 30.3 Å². The molecule has 3 aromatic rings. The fourth-order valence-electron chi connectivity index (χ4n) is 3.25. The lowest BCUT2D eigenvalue weighted by molar-refractivity contribution is 0.329. The smallest absolute Gasteiger partial charge is 0.218 e. The van der Waals surface area contributed by atoms with E-state index in [2.05, 4.69) is 15.3 Å². The first kappa shape index (κ1) is 17.4. The van der Waals surface area contributed by atoms with Gasteiger partial charge in [0.15, 0.2) is 0 Å². The summed E-state index contributed by atoms with van der Waals surface area (Å²) in [5.74, 6) is 0.898. The fraction of sp³-hybridized carbons (Fsp3) is 0.333. The molecular weight excluding hydrogens is 368 g/mol. The van der Waals surface area contributed by atoms with Crippen LogP contribution in [0.15, 0.2) is 48.1 Å². The van der Waals surface area contributed by atoms with Gasteiger partial charge < -0.3 is 5.32 Å². The van der Waals surface area contributed by atoms with E-state index in [4.69, 9.17) is 0 Å². The Balaban J connectivity index is 1.39. The maximum atomic E-state index is 12.6. The van der Waals surface area contributed by atoms with Crippen LogP contribution in [0.25, 0.3) is 10.2 Å². The molecular formula is C18H20N4O2S2. The Kier molecular flexibility index (Phi) is 4.88. The van der Waals surface area contributed by atoms with E-state index in [9.17, 15) is 8.42 Å². The number of thiophene rings is 1. The van der Waals surface area contributed by atoms with E-state index >= 15 is 0 Å². The molecule has 1 aliphatic rings. The van der Waals surface area contributed by atoms with Crippen molar-refractivity contribution in [2.24, 2.45) is 0 Å². The number of rotatable bonds is 5. The van der Waals surface area contributed by atoms with Crippen LogP contribution in [0.4, 0.5) is 5.82 Å². The highest BCUT2D eigenvalue weighted by molar-refractivity contribution is 7.88. The Labute approximate surface area is 157 Å². The standard InChI is InChI=1S/C18H20N4O2S2/c23-26(24,12-14-4-2-1-3-5-14)22-9-6-15(7-10-22)21-17-16-8-11-25-18(16)20-13-19-17/h1-5,8,11,13,15H,6-7,9-10,12H2,(H,19,20,21). The average Bonchev–Trinajstić information content (AvgIpc) is 3.13. The van der Waals surface area contributed by atoms with Crippen molar-refractivity contribution in [3.8, 4) is 0 Å². The predicted octanol–water partition coefficient (Wildman–Crippen LogP) is 3.10. The molecule has 0 amide bonds. The lowest BCUT2D eigenvalue weighted by Gasteiger charge is -2.32. The zero-order valence-electron chi connectivity index (χ0n) is 14.2. The number of nitrogens with one attached hydrogen (secondary N) is 1. The molecule has 1 N–H and O–H groups in total. The predicted molar refractivity (Wildman–Crippen MR) is 105 cm³/mol. The Morgan fingerprint density at radius 1 is 1.12 bits per heavy atom. The topological polar surface area (TPSA) is 75.2 Å². The summed E-state index contributed by atoms with van der Waals surface area (Å²) in [5.41, 5.74) is 0.827. The number of aromatic nitrogens is 2. The molecule has 0 radical (unpaired) electrons. The molecule has 4 rings (SSSR count). The van der Waals surface area contributed by atoms with Gasteiger partial charge in [0, 0.05) is 19.1 Å². The molecule has 0 saturated carbocycles. The van der Waals surface area contributed by atoms with Crippen LogP contribution in [0, 0.1) is 0 Å². The van der Waals surface area contributed by atoms with Crippen molar-refractivity contribution in [2.45, 2.75) is 24.6 Å². The zero-order chi connectivity index (χ0) is 18.0. The van der Waals surface area contributed by atoms with Crippen LogP contribution >= 0.6 is 11.3 Å². The van der Waals surface area contributed by atoms with Crippen molar-refractivity contribution >= 4 is 37.4 Å². The molecule has 0 bridgehead atoms. The summed E-state index contributed by atoms with van der Waals surface area (Å²) in [6.45, 7) is 1.06. The average molecular weight is 389 g/mol. The zero-order valence-corrected chi connectivity index (χ0v) is 15.8. The van der Waals surface area contributed by atoms with E-state index in [1.54, 1.807) is 22.0 Å². The van der Waals surface area contributed by atoms with Crippen molar-refractivity contribution < 1.29 is 8.42 Å². The number of hydrogen-bond acceptors (Lipinski definition) is 6. The number of anilines is 1. The molecule has 0 aliphatic carbocycles. The third-order valence-corrected chi connectivity index (χ3v) is 7.31. The molecule has 136 valence electrons. The van der Waals surface area contributed by atoms with E-state index < -0.39 is 10.0 Å². The monoisotopic (exact) mass is 388 g/mol.